The number of nitrogens with one attached hydrogen (secondary N) is 1. The molecule has 130 valence electrons. The summed E-state index contributed by atoms with van der Waals surface area (Å²) in [6, 6.07) is 34.1. The van der Waals surface area contributed by atoms with Crippen LogP contribution in [-0.2, 0) is 0 Å². The maximum atomic E-state index is 3.65. The molecule has 0 saturated carbocycles. The lowest BCUT2D eigenvalue weighted by atomic mass is 10.1. The van der Waals surface area contributed by atoms with Crippen molar-refractivity contribution in [2.45, 2.75) is 6.92 Å². The molecule has 5 aromatic rings. The van der Waals surface area contributed by atoms with E-state index in [2.05, 4.69) is 114 Å². The van der Waals surface area contributed by atoms with E-state index < -0.39 is 0 Å². The lowest BCUT2D eigenvalue weighted by molar-refractivity contribution is 1.28. The van der Waals surface area contributed by atoms with Gasteiger partial charge < -0.3 is 9.88 Å². The van der Waals surface area contributed by atoms with Crippen molar-refractivity contribution < 1.29 is 0 Å². The van der Waals surface area contributed by atoms with Crippen molar-refractivity contribution in [2.75, 3.05) is 4.90 Å². The molecule has 0 aliphatic rings. The van der Waals surface area contributed by atoms with Gasteiger partial charge in [0.15, 0.2) is 0 Å². The van der Waals surface area contributed by atoms with Gasteiger partial charge >= 0.3 is 0 Å². The number of rotatable bonds is 3. The number of para-hydroxylation sites is 3. The van der Waals surface area contributed by atoms with Crippen LogP contribution in [0, 0.1) is 6.92 Å². The monoisotopic (exact) mass is 348 g/mol. The van der Waals surface area contributed by atoms with E-state index in [0.717, 1.165) is 16.9 Å². The van der Waals surface area contributed by atoms with Crippen molar-refractivity contribution >= 4 is 38.9 Å². The largest absolute Gasteiger partial charge is 0.353 e. The molecule has 0 aliphatic carbocycles. The average molecular weight is 348 g/mol. The number of aromatic amines is 1. The van der Waals surface area contributed by atoms with E-state index in [1.54, 1.807) is 0 Å². The van der Waals surface area contributed by atoms with Crippen LogP contribution in [0.2, 0.25) is 0 Å². The molecule has 0 unspecified atom stereocenters. The van der Waals surface area contributed by atoms with Gasteiger partial charge in [-0.15, -0.1) is 0 Å². The first-order valence-electron chi connectivity index (χ1n) is 9.22. The average Bonchev–Trinajstić information content (AvgIpc) is 3.09. The topological polar surface area (TPSA) is 19.0 Å². The van der Waals surface area contributed by atoms with Gasteiger partial charge in [0.05, 0.1) is 11.2 Å². The van der Waals surface area contributed by atoms with Crippen LogP contribution < -0.4 is 4.90 Å². The molecule has 0 saturated heterocycles. The SMILES string of the molecule is Cc1cc(N(c2ccccc2)c2ccccc2)c2[nH]c3ccccc3c2c1. The maximum absolute atomic E-state index is 3.65. The van der Waals surface area contributed by atoms with Gasteiger partial charge in [-0.1, -0.05) is 54.6 Å². The summed E-state index contributed by atoms with van der Waals surface area (Å²) in [4.78, 5) is 5.98. The van der Waals surface area contributed by atoms with E-state index in [9.17, 15) is 0 Å². The van der Waals surface area contributed by atoms with Gasteiger partial charge in [0.2, 0.25) is 0 Å². The van der Waals surface area contributed by atoms with Crippen molar-refractivity contribution in [1.29, 1.82) is 0 Å². The summed E-state index contributed by atoms with van der Waals surface area (Å²) in [5, 5.41) is 2.52. The van der Waals surface area contributed by atoms with Gasteiger partial charge in [-0.3, -0.25) is 0 Å². The van der Waals surface area contributed by atoms with Gasteiger partial charge in [-0.25, -0.2) is 0 Å². The molecule has 2 nitrogen and oxygen atoms in total. The summed E-state index contributed by atoms with van der Waals surface area (Å²) in [6.07, 6.45) is 0. The van der Waals surface area contributed by atoms with Gasteiger partial charge in [-0.05, 0) is 55.0 Å². The van der Waals surface area contributed by atoms with Crippen molar-refractivity contribution in [1.82, 2.24) is 4.98 Å². The third-order valence-electron chi connectivity index (χ3n) is 5.01. The zero-order valence-electron chi connectivity index (χ0n) is 15.2. The molecule has 0 spiro atoms. The molecule has 4 aromatic carbocycles. The van der Waals surface area contributed by atoms with E-state index in [4.69, 9.17) is 0 Å². The predicted octanol–water partition coefficient (Wildman–Crippen LogP) is 7.10. The first-order chi connectivity index (χ1) is 13.3. The first kappa shape index (κ1) is 15.7. The van der Waals surface area contributed by atoms with Crippen molar-refractivity contribution in [2.24, 2.45) is 0 Å². The third-order valence-corrected chi connectivity index (χ3v) is 5.01. The Morgan fingerprint density at radius 2 is 1.22 bits per heavy atom. The van der Waals surface area contributed by atoms with Crippen LogP contribution in [0.1, 0.15) is 5.56 Å². The third kappa shape index (κ3) is 2.67. The molecule has 0 atom stereocenters. The van der Waals surface area contributed by atoms with Gasteiger partial charge in [-0.2, -0.15) is 0 Å². The Labute approximate surface area is 158 Å². The summed E-state index contributed by atoms with van der Waals surface area (Å²) in [5.41, 5.74) is 7.04. The van der Waals surface area contributed by atoms with Gasteiger partial charge in [0.25, 0.3) is 0 Å². The number of benzene rings is 4. The minimum absolute atomic E-state index is 1.15. The summed E-state index contributed by atoms with van der Waals surface area (Å²) >= 11 is 0. The molecule has 0 aliphatic heterocycles. The summed E-state index contributed by atoms with van der Waals surface area (Å²) in [6.45, 7) is 2.17. The lowest BCUT2D eigenvalue weighted by Crippen LogP contribution is -2.10. The Bertz CT molecular complexity index is 1180. The van der Waals surface area contributed by atoms with Gasteiger partial charge in [0.1, 0.15) is 0 Å². The molecule has 1 heterocycles. The Morgan fingerprint density at radius 1 is 0.630 bits per heavy atom. The van der Waals surface area contributed by atoms with Crippen LogP contribution in [0.4, 0.5) is 17.1 Å². The lowest BCUT2D eigenvalue weighted by Gasteiger charge is -2.26. The predicted molar refractivity (Wildman–Crippen MR) is 115 cm³/mol. The van der Waals surface area contributed by atoms with E-state index in [-0.39, 0.29) is 0 Å². The molecular formula is C25H20N2. The van der Waals surface area contributed by atoms with E-state index >= 15 is 0 Å². The molecule has 0 bridgehead atoms. The molecule has 0 radical (unpaired) electrons. The number of hydrogen-bond acceptors (Lipinski definition) is 1. The highest BCUT2D eigenvalue weighted by atomic mass is 15.1. The number of H-pyrrole nitrogens is 1. The number of fused-ring (bicyclic) bond motifs is 3. The van der Waals surface area contributed by atoms with E-state index in [0.29, 0.717) is 0 Å². The molecule has 27 heavy (non-hydrogen) atoms. The highest BCUT2D eigenvalue weighted by Crippen LogP contribution is 2.40. The Balaban J connectivity index is 1.85. The Hall–Kier alpha value is -3.52. The van der Waals surface area contributed by atoms with Crippen LogP contribution in [0.3, 0.4) is 0 Å². The number of nitrogens with zero attached hydrogens (tertiary/aromatic N) is 1. The van der Waals surface area contributed by atoms with E-state index in [1.807, 2.05) is 0 Å². The summed E-state index contributed by atoms with van der Waals surface area (Å²) in [7, 11) is 0. The fourth-order valence-corrected chi connectivity index (χ4v) is 3.83. The molecule has 0 amide bonds. The smallest absolute Gasteiger partial charge is 0.0710 e. The van der Waals surface area contributed by atoms with Crippen LogP contribution in [0.5, 0.6) is 0 Å². The normalized spacial score (nSPS) is 11.1. The first-order valence-corrected chi connectivity index (χ1v) is 9.22. The number of aromatic nitrogens is 1. The highest BCUT2D eigenvalue weighted by Gasteiger charge is 2.17. The minimum atomic E-state index is 1.15. The van der Waals surface area contributed by atoms with Crippen molar-refractivity contribution in [3.8, 4) is 0 Å². The maximum Gasteiger partial charge on any atom is 0.0710 e. The second-order valence-electron chi connectivity index (χ2n) is 6.88. The summed E-state index contributed by atoms with van der Waals surface area (Å²) < 4.78 is 0. The van der Waals surface area contributed by atoms with Crippen LogP contribution in [-0.4, -0.2) is 4.98 Å². The molecular weight excluding hydrogens is 328 g/mol. The van der Waals surface area contributed by atoms with Crippen LogP contribution in [0.25, 0.3) is 21.8 Å². The Morgan fingerprint density at radius 3 is 1.89 bits per heavy atom. The number of aryl methyl sites for hydroxylation is 1. The molecule has 2 heteroatoms. The minimum Gasteiger partial charge on any atom is -0.353 e. The fraction of sp³-hybridized carbons (Fsp3) is 0.0400. The standard InChI is InChI=1S/C25H20N2/c1-18-16-22-21-14-8-9-15-23(21)26-25(22)24(17-18)27(19-10-4-2-5-11-19)20-12-6-3-7-13-20/h2-17,26H,1H3. The van der Waals surface area contributed by atoms with Crippen molar-refractivity contribution in [3.05, 3.63) is 103 Å². The van der Waals surface area contributed by atoms with E-state index in [1.165, 1.54) is 27.5 Å². The van der Waals surface area contributed by atoms with Crippen molar-refractivity contribution in [3.63, 3.8) is 0 Å². The fourth-order valence-electron chi connectivity index (χ4n) is 3.83. The zero-order valence-corrected chi connectivity index (χ0v) is 15.2. The zero-order chi connectivity index (χ0) is 18.2. The van der Waals surface area contributed by atoms with Crippen LogP contribution >= 0.6 is 0 Å². The molecule has 1 aromatic heterocycles. The van der Waals surface area contributed by atoms with Gasteiger partial charge in [0, 0.05) is 27.7 Å². The second kappa shape index (κ2) is 6.33. The highest BCUT2D eigenvalue weighted by molar-refractivity contribution is 6.12. The second-order valence-corrected chi connectivity index (χ2v) is 6.88. The molecule has 5 rings (SSSR count). The molecule has 0 fully saturated rings. The number of anilines is 3. The quantitative estimate of drug-likeness (QED) is 0.368. The molecule has 1 N–H and O–H groups in total. The summed E-state index contributed by atoms with van der Waals surface area (Å²) in [5.74, 6) is 0. The Kier molecular flexibility index (Phi) is 3.68. The van der Waals surface area contributed by atoms with Crippen LogP contribution in [0.15, 0.2) is 97.1 Å². The number of hydrogen-bond donors (Lipinski definition) is 1.